The second-order valence-corrected chi connectivity index (χ2v) is 12.7. The zero-order valence-corrected chi connectivity index (χ0v) is 26.8. The SMILES string of the molecule is CC1CCC(CNc2nc(NCC3CCCCC3)nc(NC3C=CC(CC(=O)NCCOCCOCCN)=CCC3)n2)CC1. The van der Waals surface area contributed by atoms with E-state index in [1.54, 1.807) is 0 Å². The van der Waals surface area contributed by atoms with Gasteiger partial charge in [0.05, 0.1) is 32.8 Å². The molecule has 11 nitrogen and oxygen atoms in total. The monoisotopic (exact) mass is 612 g/mol. The number of hydrogen-bond acceptors (Lipinski definition) is 10. The Morgan fingerprint density at radius 2 is 1.50 bits per heavy atom. The number of carbonyl (C=O) groups excluding carboxylic acids is 1. The third-order valence-corrected chi connectivity index (χ3v) is 8.90. The Morgan fingerprint density at radius 3 is 2.20 bits per heavy atom. The molecule has 0 bridgehead atoms. The molecule has 0 spiro atoms. The minimum Gasteiger partial charge on any atom is -0.378 e. The summed E-state index contributed by atoms with van der Waals surface area (Å²) in [4.78, 5) is 26.7. The van der Waals surface area contributed by atoms with Crippen molar-refractivity contribution < 1.29 is 14.3 Å². The molecule has 1 atom stereocenters. The molecule has 1 aromatic rings. The molecule has 1 heterocycles. The molecule has 2 saturated carbocycles. The summed E-state index contributed by atoms with van der Waals surface area (Å²) in [5.74, 6) is 4.01. The van der Waals surface area contributed by atoms with Gasteiger partial charge in [-0.25, -0.2) is 0 Å². The summed E-state index contributed by atoms with van der Waals surface area (Å²) in [6.45, 7) is 7.13. The Hall–Kier alpha value is -2.76. The van der Waals surface area contributed by atoms with Crippen LogP contribution in [0.25, 0.3) is 0 Å². The number of carbonyl (C=O) groups is 1. The molecule has 1 aromatic heterocycles. The molecule has 1 amide bonds. The van der Waals surface area contributed by atoms with Gasteiger partial charge in [-0.1, -0.05) is 57.3 Å². The number of ether oxygens (including phenoxy) is 2. The minimum atomic E-state index is -0.00965. The number of anilines is 3. The van der Waals surface area contributed by atoms with Gasteiger partial charge in [0.25, 0.3) is 0 Å². The minimum absolute atomic E-state index is 0.00965. The second kappa shape index (κ2) is 19.6. The Morgan fingerprint density at radius 1 is 0.841 bits per heavy atom. The van der Waals surface area contributed by atoms with Crippen LogP contribution in [0.5, 0.6) is 0 Å². The van der Waals surface area contributed by atoms with Crippen LogP contribution in [0.2, 0.25) is 0 Å². The number of nitrogens with zero attached hydrogens (tertiary/aromatic N) is 3. The maximum Gasteiger partial charge on any atom is 0.229 e. The van der Waals surface area contributed by atoms with Gasteiger partial charge in [0.1, 0.15) is 0 Å². The number of allylic oxidation sites excluding steroid dienone is 2. The highest BCUT2D eigenvalue weighted by molar-refractivity contribution is 5.79. The third-order valence-electron chi connectivity index (χ3n) is 8.90. The predicted molar refractivity (Wildman–Crippen MR) is 177 cm³/mol. The van der Waals surface area contributed by atoms with E-state index in [2.05, 4.69) is 40.3 Å². The van der Waals surface area contributed by atoms with Crippen LogP contribution < -0.4 is 27.0 Å². The lowest BCUT2D eigenvalue weighted by molar-refractivity contribution is -0.120. The molecule has 4 rings (SSSR count). The molecule has 6 N–H and O–H groups in total. The van der Waals surface area contributed by atoms with Crippen molar-refractivity contribution in [2.75, 3.05) is 68.6 Å². The zero-order valence-electron chi connectivity index (χ0n) is 26.8. The highest BCUT2D eigenvalue weighted by Crippen LogP contribution is 2.28. The van der Waals surface area contributed by atoms with Crippen LogP contribution in [-0.4, -0.2) is 79.5 Å². The van der Waals surface area contributed by atoms with Crippen molar-refractivity contribution in [1.29, 1.82) is 0 Å². The number of amides is 1. The zero-order chi connectivity index (χ0) is 30.8. The van der Waals surface area contributed by atoms with Gasteiger partial charge in [0.2, 0.25) is 23.8 Å². The Labute approximate surface area is 264 Å². The van der Waals surface area contributed by atoms with E-state index in [-0.39, 0.29) is 11.9 Å². The maximum absolute atomic E-state index is 12.5. The van der Waals surface area contributed by atoms with Crippen molar-refractivity contribution in [2.45, 2.75) is 90.0 Å². The molecule has 2 fully saturated rings. The van der Waals surface area contributed by atoms with Gasteiger partial charge < -0.3 is 36.5 Å². The fourth-order valence-electron chi connectivity index (χ4n) is 6.18. The van der Waals surface area contributed by atoms with Crippen LogP contribution in [0.3, 0.4) is 0 Å². The van der Waals surface area contributed by atoms with Crippen LogP contribution in [-0.2, 0) is 14.3 Å². The van der Waals surface area contributed by atoms with Crippen LogP contribution in [0.15, 0.2) is 23.8 Å². The first kappa shape index (κ1) is 34.1. The van der Waals surface area contributed by atoms with Crippen molar-refractivity contribution in [1.82, 2.24) is 20.3 Å². The van der Waals surface area contributed by atoms with Gasteiger partial charge >= 0.3 is 0 Å². The van der Waals surface area contributed by atoms with E-state index in [1.165, 1.54) is 57.8 Å². The first-order chi connectivity index (χ1) is 21.6. The second-order valence-electron chi connectivity index (χ2n) is 12.7. The lowest BCUT2D eigenvalue weighted by Gasteiger charge is -2.26. The molecule has 0 aromatic carbocycles. The summed E-state index contributed by atoms with van der Waals surface area (Å²) in [5.41, 5.74) is 6.40. The van der Waals surface area contributed by atoms with Gasteiger partial charge in [-0.3, -0.25) is 4.79 Å². The molecular formula is C33H56N8O3. The van der Waals surface area contributed by atoms with Gasteiger partial charge in [0, 0.05) is 32.2 Å². The van der Waals surface area contributed by atoms with Gasteiger partial charge in [-0.2, -0.15) is 15.0 Å². The van der Waals surface area contributed by atoms with Crippen LogP contribution in [0, 0.1) is 17.8 Å². The summed E-state index contributed by atoms with van der Waals surface area (Å²) in [6, 6.07) is 0.0583. The molecule has 0 aliphatic heterocycles. The van der Waals surface area contributed by atoms with Gasteiger partial charge in [0.15, 0.2) is 0 Å². The molecule has 1 unspecified atom stereocenters. The summed E-state index contributed by atoms with van der Waals surface area (Å²) < 4.78 is 10.8. The molecule has 0 saturated heterocycles. The highest BCUT2D eigenvalue weighted by atomic mass is 16.5. The van der Waals surface area contributed by atoms with Crippen LogP contribution >= 0.6 is 0 Å². The third kappa shape index (κ3) is 13.1. The van der Waals surface area contributed by atoms with Crippen LogP contribution in [0.4, 0.5) is 17.8 Å². The fourth-order valence-corrected chi connectivity index (χ4v) is 6.18. The molecule has 44 heavy (non-hydrogen) atoms. The lowest BCUT2D eigenvalue weighted by Crippen LogP contribution is -2.27. The molecule has 0 radical (unpaired) electrons. The largest absolute Gasteiger partial charge is 0.378 e. The Bertz CT molecular complexity index is 1040. The average Bonchev–Trinajstić information content (AvgIpc) is 3.26. The van der Waals surface area contributed by atoms with Crippen molar-refractivity contribution in [3.05, 3.63) is 23.8 Å². The van der Waals surface area contributed by atoms with E-state index in [9.17, 15) is 4.79 Å². The predicted octanol–water partition coefficient (Wildman–Crippen LogP) is 4.66. The molecule has 3 aliphatic carbocycles. The quantitative estimate of drug-likeness (QED) is 0.148. The number of nitrogens with two attached hydrogens (primary N) is 1. The van der Waals surface area contributed by atoms with Gasteiger partial charge in [-0.05, 0) is 61.9 Å². The van der Waals surface area contributed by atoms with Crippen molar-refractivity contribution in [3.8, 4) is 0 Å². The summed E-state index contributed by atoms with van der Waals surface area (Å²) >= 11 is 0. The number of aromatic nitrogens is 3. The first-order valence-corrected chi connectivity index (χ1v) is 17.1. The van der Waals surface area contributed by atoms with Crippen molar-refractivity contribution in [2.24, 2.45) is 23.5 Å². The topological polar surface area (TPSA) is 148 Å². The normalized spacial score (nSPS) is 22.6. The maximum atomic E-state index is 12.5. The molecule has 3 aliphatic rings. The van der Waals surface area contributed by atoms with Gasteiger partial charge in [-0.15, -0.1) is 0 Å². The number of hydrogen-bond donors (Lipinski definition) is 5. The van der Waals surface area contributed by atoms with E-state index in [0.29, 0.717) is 75.6 Å². The summed E-state index contributed by atoms with van der Waals surface area (Å²) in [5, 5.41) is 13.5. The van der Waals surface area contributed by atoms with E-state index < -0.39 is 0 Å². The van der Waals surface area contributed by atoms with E-state index in [0.717, 1.165) is 37.4 Å². The average molecular weight is 613 g/mol. The van der Waals surface area contributed by atoms with E-state index >= 15 is 0 Å². The van der Waals surface area contributed by atoms with E-state index in [1.807, 2.05) is 6.08 Å². The van der Waals surface area contributed by atoms with Crippen molar-refractivity contribution in [3.63, 3.8) is 0 Å². The lowest BCUT2D eigenvalue weighted by atomic mass is 9.83. The molecule has 246 valence electrons. The first-order valence-electron chi connectivity index (χ1n) is 17.1. The smallest absolute Gasteiger partial charge is 0.229 e. The number of rotatable bonds is 18. The standard InChI is InChI=1S/C33H56N8O3/c1-25-10-12-28(13-11-25)24-37-32-39-31(36-23-27-6-3-2-4-7-27)40-33(41-32)38-29-9-5-8-26(14-15-29)22-30(42)35-17-19-44-21-20-43-18-16-34/h8,14-15,25,27-29H,2-7,9-13,16-24,34H2,1H3,(H,35,42)(H3,36,37,38,39,40,41). The Kier molecular flexibility index (Phi) is 15.2. The van der Waals surface area contributed by atoms with Crippen molar-refractivity contribution >= 4 is 23.8 Å². The molecule has 11 heteroatoms. The Balaban J connectivity index is 1.26. The number of nitrogens with one attached hydrogen (secondary N) is 4. The highest BCUT2D eigenvalue weighted by Gasteiger charge is 2.20. The van der Waals surface area contributed by atoms with Crippen LogP contribution in [0.1, 0.15) is 84.0 Å². The summed E-state index contributed by atoms with van der Waals surface area (Å²) in [7, 11) is 0. The summed E-state index contributed by atoms with van der Waals surface area (Å²) in [6.07, 6.45) is 20.0. The fraction of sp³-hybridized carbons (Fsp3) is 0.758. The molecular weight excluding hydrogens is 556 g/mol. The van der Waals surface area contributed by atoms with E-state index in [4.69, 9.17) is 30.2 Å².